The number of hydrogen-bond acceptors (Lipinski definition) is 2. The molecule has 0 aromatic heterocycles. The summed E-state index contributed by atoms with van der Waals surface area (Å²) in [5.74, 6) is 0.708. The van der Waals surface area contributed by atoms with E-state index in [-0.39, 0.29) is 12.0 Å². The highest BCUT2D eigenvalue weighted by atomic mass is 16.4. The molecular weight excluding hydrogens is 214 g/mol. The third-order valence-corrected chi connectivity index (χ3v) is 4.20. The Labute approximate surface area is 105 Å². The first-order valence-corrected chi connectivity index (χ1v) is 6.97. The molecule has 0 aliphatic heterocycles. The van der Waals surface area contributed by atoms with Gasteiger partial charge in [0, 0.05) is 6.04 Å². The maximum atomic E-state index is 10.8. The Morgan fingerprint density at radius 1 is 1.41 bits per heavy atom. The molecule has 0 radical (unpaired) electrons. The summed E-state index contributed by atoms with van der Waals surface area (Å²) in [6.45, 7) is 7.02. The van der Waals surface area contributed by atoms with Crippen LogP contribution in [0.1, 0.15) is 52.9 Å². The highest BCUT2D eigenvalue weighted by molar-refractivity contribution is 5.70. The molecule has 0 amide bonds. The molecule has 17 heavy (non-hydrogen) atoms. The summed E-state index contributed by atoms with van der Waals surface area (Å²) in [4.78, 5) is 10.8. The van der Waals surface area contributed by atoms with E-state index in [0.717, 1.165) is 18.4 Å². The van der Waals surface area contributed by atoms with Gasteiger partial charge in [-0.15, -0.1) is 0 Å². The van der Waals surface area contributed by atoms with Crippen LogP contribution in [0.2, 0.25) is 0 Å². The average Bonchev–Trinajstić information content (AvgIpc) is 2.27. The van der Waals surface area contributed by atoms with Gasteiger partial charge in [0.15, 0.2) is 0 Å². The van der Waals surface area contributed by atoms with Gasteiger partial charge in [0.1, 0.15) is 0 Å². The number of carboxylic acid groups (broad SMARTS) is 1. The van der Waals surface area contributed by atoms with Crippen molar-refractivity contribution < 1.29 is 9.90 Å². The fourth-order valence-corrected chi connectivity index (χ4v) is 2.73. The van der Waals surface area contributed by atoms with Crippen molar-refractivity contribution in [1.29, 1.82) is 0 Å². The van der Waals surface area contributed by atoms with E-state index in [1.54, 1.807) is 6.92 Å². The molecule has 1 fully saturated rings. The summed E-state index contributed by atoms with van der Waals surface area (Å²) in [6, 6.07) is 0.0634. The highest BCUT2D eigenvalue weighted by Gasteiger charge is 2.21. The van der Waals surface area contributed by atoms with Crippen molar-refractivity contribution in [2.75, 3.05) is 6.54 Å². The fourth-order valence-electron chi connectivity index (χ4n) is 2.73. The van der Waals surface area contributed by atoms with Gasteiger partial charge in [-0.05, 0) is 38.1 Å². The van der Waals surface area contributed by atoms with Gasteiger partial charge in [0.05, 0.1) is 5.92 Å². The van der Waals surface area contributed by atoms with Gasteiger partial charge >= 0.3 is 5.97 Å². The maximum Gasteiger partial charge on any atom is 0.307 e. The molecule has 1 saturated carbocycles. The minimum atomic E-state index is -0.712. The Morgan fingerprint density at radius 3 is 2.71 bits per heavy atom. The summed E-state index contributed by atoms with van der Waals surface area (Å²) < 4.78 is 0. The van der Waals surface area contributed by atoms with Gasteiger partial charge in [0.25, 0.3) is 0 Å². The van der Waals surface area contributed by atoms with E-state index in [0.29, 0.717) is 0 Å². The second-order valence-corrected chi connectivity index (χ2v) is 5.80. The van der Waals surface area contributed by atoms with Gasteiger partial charge in [0.2, 0.25) is 0 Å². The Kier molecular flexibility index (Phi) is 5.96. The summed E-state index contributed by atoms with van der Waals surface area (Å²) >= 11 is 0. The largest absolute Gasteiger partial charge is 0.481 e. The number of hydrogen-bond donors (Lipinski definition) is 2. The van der Waals surface area contributed by atoms with E-state index >= 15 is 0 Å². The lowest BCUT2D eigenvalue weighted by Gasteiger charge is -2.27. The molecule has 3 nitrogen and oxygen atoms in total. The summed E-state index contributed by atoms with van der Waals surface area (Å²) in [6.07, 6.45) is 6.66. The molecule has 0 spiro atoms. The van der Waals surface area contributed by atoms with Crippen LogP contribution in [0, 0.1) is 17.8 Å². The Morgan fingerprint density at radius 2 is 2.12 bits per heavy atom. The van der Waals surface area contributed by atoms with Crippen molar-refractivity contribution in [1.82, 2.24) is 5.32 Å². The molecule has 2 N–H and O–H groups in total. The van der Waals surface area contributed by atoms with Crippen LogP contribution >= 0.6 is 0 Å². The van der Waals surface area contributed by atoms with E-state index in [1.807, 2.05) is 6.92 Å². The maximum absolute atomic E-state index is 10.8. The van der Waals surface area contributed by atoms with Gasteiger partial charge in [-0.1, -0.05) is 33.1 Å². The van der Waals surface area contributed by atoms with Crippen LogP contribution in [-0.4, -0.2) is 23.7 Å². The van der Waals surface area contributed by atoms with Crippen LogP contribution in [0.5, 0.6) is 0 Å². The van der Waals surface area contributed by atoms with Crippen molar-refractivity contribution in [3.05, 3.63) is 0 Å². The lowest BCUT2D eigenvalue weighted by Crippen LogP contribution is -2.37. The third-order valence-electron chi connectivity index (χ3n) is 4.20. The topological polar surface area (TPSA) is 49.3 Å². The molecule has 0 bridgehead atoms. The molecule has 0 saturated heterocycles. The SMILES string of the molecule is CC1CCCC(CCNC(C)C(C)C(=O)O)C1. The van der Waals surface area contributed by atoms with Crippen LogP contribution in [0.4, 0.5) is 0 Å². The second-order valence-electron chi connectivity index (χ2n) is 5.80. The summed E-state index contributed by atoms with van der Waals surface area (Å²) in [5, 5.41) is 12.2. The number of aliphatic carboxylic acids is 1. The van der Waals surface area contributed by atoms with Crippen LogP contribution in [0.25, 0.3) is 0 Å². The lowest BCUT2D eigenvalue weighted by molar-refractivity contribution is -0.141. The molecule has 4 atom stereocenters. The Bertz CT molecular complexity index is 242. The van der Waals surface area contributed by atoms with Crippen molar-refractivity contribution in [3.8, 4) is 0 Å². The zero-order valence-corrected chi connectivity index (χ0v) is 11.4. The van der Waals surface area contributed by atoms with Crippen LogP contribution in [-0.2, 0) is 4.79 Å². The summed E-state index contributed by atoms with van der Waals surface area (Å²) in [5.41, 5.74) is 0. The highest BCUT2D eigenvalue weighted by Crippen LogP contribution is 2.30. The predicted octanol–water partition coefficient (Wildman–Crippen LogP) is 2.90. The first-order valence-electron chi connectivity index (χ1n) is 6.97. The monoisotopic (exact) mass is 241 g/mol. The number of rotatable bonds is 6. The van der Waals surface area contributed by atoms with E-state index < -0.39 is 5.97 Å². The minimum Gasteiger partial charge on any atom is -0.481 e. The molecule has 3 heteroatoms. The van der Waals surface area contributed by atoms with Crippen LogP contribution < -0.4 is 5.32 Å². The Hall–Kier alpha value is -0.570. The third kappa shape index (κ3) is 5.07. The number of carboxylic acids is 1. The molecule has 1 aliphatic carbocycles. The minimum absolute atomic E-state index is 0.0634. The standard InChI is InChI=1S/C14H27NO2/c1-10-5-4-6-13(9-10)7-8-15-12(3)11(2)14(16)17/h10-13,15H,4-9H2,1-3H3,(H,16,17). The zero-order chi connectivity index (χ0) is 12.8. The normalized spacial score (nSPS) is 28.6. The summed E-state index contributed by atoms with van der Waals surface area (Å²) in [7, 11) is 0. The quantitative estimate of drug-likeness (QED) is 0.751. The smallest absolute Gasteiger partial charge is 0.307 e. The molecule has 100 valence electrons. The van der Waals surface area contributed by atoms with E-state index in [4.69, 9.17) is 5.11 Å². The van der Waals surface area contributed by atoms with E-state index in [2.05, 4.69) is 12.2 Å². The first-order chi connectivity index (χ1) is 8.00. The number of nitrogens with one attached hydrogen (secondary N) is 1. The predicted molar refractivity (Wildman–Crippen MR) is 70.0 cm³/mol. The zero-order valence-electron chi connectivity index (χ0n) is 11.4. The van der Waals surface area contributed by atoms with Gasteiger partial charge in [-0.3, -0.25) is 4.79 Å². The van der Waals surface area contributed by atoms with Gasteiger partial charge in [-0.25, -0.2) is 0 Å². The molecule has 0 heterocycles. The van der Waals surface area contributed by atoms with Crippen molar-refractivity contribution in [2.45, 2.75) is 58.9 Å². The molecule has 1 rings (SSSR count). The second kappa shape index (κ2) is 7.00. The molecular formula is C14H27NO2. The molecule has 1 aliphatic rings. The lowest BCUT2D eigenvalue weighted by atomic mass is 9.81. The molecule has 0 aromatic carbocycles. The van der Waals surface area contributed by atoms with Gasteiger partial charge in [-0.2, -0.15) is 0 Å². The van der Waals surface area contributed by atoms with Crippen LogP contribution in [0.3, 0.4) is 0 Å². The number of carbonyl (C=O) groups is 1. The Balaban J connectivity index is 2.16. The van der Waals surface area contributed by atoms with Crippen molar-refractivity contribution in [2.24, 2.45) is 17.8 Å². The molecule has 4 unspecified atom stereocenters. The van der Waals surface area contributed by atoms with E-state index in [1.165, 1.54) is 32.1 Å². The van der Waals surface area contributed by atoms with Gasteiger partial charge < -0.3 is 10.4 Å². The van der Waals surface area contributed by atoms with Crippen LogP contribution in [0.15, 0.2) is 0 Å². The molecule has 0 aromatic rings. The van der Waals surface area contributed by atoms with Crippen molar-refractivity contribution in [3.63, 3.8) is 0 Å². The fraction of sp³-hybridized carbons (Fsp3) is 0.929. The average molecular weight is 241 g/mol. The van der Waals surface area contributed by atoms with Crippen molar-refractivity contribution >= 4 is 5.97 Å². The van der Waals surface area contributed by atoms with E-state index in [9.17, 15) is 4.79 Å². The first kappa shape index (κ1) is 14.5.